The molecule has 0 unspecified atom stereocenters. The zero-order valence-corrected chi connectivity index (χ0v) is 14.2. The Bertz CT molecular complexity index is 645. The lowest BCUT2D eigenvalue weighted by Gasteiger charge is -2.20. The highest BCUT2D eigenvalue weighted by Crippen LogP contribution is 2.17. The molecule has 1 N–H and O–H groups in total. The van der Waals surface area contributed by atoms with Crippen LogP contribution in [-0.2, 0) is 11.3 Å². The van der Waals surface area contributed by atoms with Crippen LogP contribution in [0.4, 0.5) is 5.69 Å². The quantitative estimate of drug-likeness (QED) is 0.891. The van der Waals surface area contributed by atoms with Crippen molar-refractivity contribution in [2.45, 2.75) is 20.4 Å². The smallest absolute Gasteiger partial charge is 0.239 e. The number of methoxy groups -OCH3 is 1. The maximum absolute atomic E-state index is 12.1. The number of amides is 1. The maximum Gasteiger partial charge on any atom is 0.239 e. The first-order chi connectivity index (χ1) is 11.0. The summed E-state index contributed by atoms with van der Waals surface area (Å²) in [5, 5.41) is 2.94. The van der Waals surface area contributed by atoms with Crippen molar-refractivity contribution in [2.24, 2.45) is 0 Å². The minimum absolute atomic E-state index is 0.00229. The molecule has 1 amide bonds. The highest BCUT2D eigenvalue weighted by molar-refractivity contribution is 5.81. The lowest BCUT2D eigenvalue weighted by atomic mass is 10.1. The average molecular weight is 312 g/mol. The number of hydrogen-bond acceptors (Lipinski definition) is 3. The van der Waals surface area contributed by atoms with Gasteiger partial charge in [0.25, 0.3) is 0 Å². The fourth-order valence-corrected chi connectivity index (χ4v) is 2.48. The molecule has 4 heteroatoms. The molecular formula is C19H24N2O2. The van der Waals surface area contributed by atoms with Crippen molar-refractivity contribution in [3.8, 4) is 5.75 Å². The van der Waals surface area contributed by atoms with E-state index in [1.807, 2.05) is 36.2 Å². The molecule has 0 atom stereocenters. The third-order valence-electron chi connectivity index (χ3n) is 3.68. The second-order valence-electron chi connectivity index (χ2n) is 5.83. The molecule has 0 aliphatic carbocycles. The summed E-state index contributed by atoms with van der Waals surface area (Å²) >= 11 is 0. The van der Waals surface area contributed by atoms with E-state index in [9.17, 15) is 4.79 Å². The molecule has 4 nitrogen and oxygen atoms in total. The van der Waals surface area contributed by atoms with Gasteiger partial charge >= 0.3 is 0 Å². The summed E-state index contributed by atoms with van der Waals surface area (Å²) in [5.41, 5.74) is 4.51. The van der Waals surface area contributed by atoms with Crippen LogP contribution < -0.4 is 15.0 Å². The van der Waals surface area contributed by atoms with Crippen molar-refractivity contribution < 1.29 is 9.53 Å². The molecule has 0 heterocycles. The fourth-order valence-electron chi connectivity index (χ4n) is 2.48. The summed E-state index contributed by atoms with van der Waals surface area (Å²) < 4.78 is 5.12. The number of anilines is 1. The van der Waals surface area contributed by atoms with E-state index in [0.29, 0.717) is 13.1 Å². The summed E-state index contributed by atoms with van der Waals surface area (Å²) in [5.74, 6) is 0.817. The van der Waals surface area contributed by atoms with Gasteiger partial charge in [0, 0.05) is 19.3 Å². The van der Waals surface area contributed by atoms with Gasteiger partial charge in [-0.25, -0.2) is 0 Å². The lowest BCUT2D eigenvalue weighted by molar-refractivity contribution is -0.119. The van der Waals surface area contributed by atoms with Gasteiger partial charge in [-0.05, 0) is 54.8 Å². The number of carbonyl (C=O) groups is 1. The minimum atomic E-state index is 0.00229. The Hall–Kier alpha value is -2.49. The van der Waals surface area contributed by atoms with Crippen LogP contribution in [0.2, 0.25) is 0 Å². The number of hydrogen-bond donors (Lipinski definition) is 1. The molecule has 0 saturated carbocycles. The molecule has 0 saturated heterocycles. The largest absolute Gasteiger partial charge is 0.497 e. The Balaban J connectivity index is 1.88. The number of aryl methyl sites for hydroxylation is 2. The van der Waals surface area contributed by atoms with Gasteiger partial charge in [0.1, 0.15) is 5.75 Å². The zero-order chi connectivity index (χ0) is 16.8. The first-order valence-electron chi connectivity index (χ1n) is 7.67. The standard InChI is InChI=1S/C19H24N2O2/c1-14-9-15(2)11-17(10-14)21(3)13-19(22)20-12-16-5-7-18(23-4)8-6-16/h5-11H,12-13H2,1-4H3,(H,20,22). The van der Waals surface area contributed by atoms with E-state index in [-0.39, 0.29) is 5.91 Å². The van der Waals surface area contributed by atoms with Crippen LogP contribution in [-0.4, -0.2) is 26.6 Å². The Labute approximate surface area is 138 Å². The summed E-state index contributed by atoms with van der Waals surface area (Å²) in [7, 11) is 3.57. The SMILES string of the molecule is COc1ccc(CNC(=O)CN(C)c2cc(C)cc(C)c2)cc1. The van der Waals surface area contributed by atoms with Crippen LogP contribution in [0.3, 0.4) is 0 Å². The number of carbonyl (C=O) groups excluding carboxylic acids is 1. The number of nitrogens with one attached hydrogen (secondary N) is 1. The molecule has 2 rings (SSSR count). The van der Waals surface area contributed by atoms with E-state index >= 15 is 0 Å². The predicted molar refractivity (Wildman–Crippen MR) is 94.0 cm³/mol. The minimum Gasteiger partial charge on any atom is -0.497 e. The number of benzene rings is 2. The zero-order valence-electron chi connectivity index (χ0n) is 14.2. The van der Waals surface area contributed by atoms with Crippen molar-refractivity contribution in [2.75, 3.05) is 25.6 Å². The number of nitrogens with zero attached hydrogens (tertiary/aromatic N) is 1. The van der Waals surface area contributed by atoms with E-state index < -0.39 is 0 Å². The van der Waals surface area contributed by atoms with Crippen molar-refractivity contribution in [1.82, 2.24) is 5.32 Å². The molecule has 0 aliphatic rings. The normalized spacial score (nSPS) is 10.3. The van der Waals surface area contributed by atoms with Crippen LogP contribution in [0.25, 0.3) is 0 Å². The van der Waals surface area contributed by atoms with Crippen molar-refractivity contribution in [3.05, 3.63) is 59.2 Å². The van der Waals surface area contributed by atoms with Gasteiger partial charge in [-0.1, -0.05) is 18.2 Å². The third-order valence-corrected chi connectivity index (χ3v) is 3.68. The maximum atomic E-state index is 12.1. The molecule has 122 valence electrons. The molecule has 2 aromatic rings. The monoisotopic (exact) mass is 312 g/mol. The van der Waals surface area contributed by atoms with Gasteiger partial charge in [-0.3, -0.25) is 4.79 Å². The van der Waals surface area contributed by atoms with Gasteiger partial charge < -0.3 is 15.0 Å². The van der Waals surface area contributed by atoms with Crippen LogP contribution >= 0.6 is 0 Å². The lowest BCUT2D eigenvalue weighted by Crippen LogP contribution is -2.34. The van der Waals surface area contributed by atoms with Crippen LogP contribution in [0.5, 0.6) is 5.75 Å². The van der Waals surface area contributed by atoms with Crippen LogP contribution in [0.15, 0.2) is 42.5 Å². The summed E-state index contributed by atoms with van der Waals surface area (Å²) in [6.45, 7) is 4.98. The molecule has 0 radical (unpaired) electrons. The van der Waals surface area contributed by atoms with Crippen molar-refractivity contribution >= 4 is 11.6 Å². The van der Waals surface area contributed by atoms with E-state index in [2.05, 4.69) is 37.4 Å². The fraction of sp³-hybridized carbons (Fsp3) is 0.316. The Morgan fingerprint density at radius 1 is 1.09 bits per heavy atom. The molecule has 0 spiro atoms. The van der Waals surface area contributed by atoms with Gasteiger partial charge in [0.05, 0.1) is 13.7 Å². The number of ether oxygens (including phenoxy) is 1. The Morgan fingerprint density at radius 3 is 2.26 bits per heavy atom. The summed E-state index contributed by atoms with van der Waals surface area (Å²) in [4.78, 5) is 14.1. The van der Waals surface area contributed by atoms with E-state index in [0.717, 1.165) is 17.0 Å². The highest BCUT2D eigenvalue weighted by Gasteiger charge is 2.08. The van der Waals surface area contributed by atoms with Crippen LogP contribution in [0, 0.1) is 13.8 Å². The van der Waals surface area contributed by atoms with Gasteiger partial charge in [0.2, 0.25) is 5.91 Å². The average Bonchev–Trinajstić information content (AvgIpc) is 2.52. The molecule has 0 aliphatic heterocycles. The topological polar surface area (TPSA) is 41.6 Å². The first-order valence-corrected chi connectivity index (χ1v) is 7.67. The second-order valence-corrected chi connectivity index (χ2v) is 5.83. The molecule has 0 aromatic heterocycles. The molecule has 2 aromatic carbocycles. The number of likely N-dealkylation sites (N-methyl/N-ethyl adjacent to an activating group) is 1. The molecule has 0 fully saturated rings. The van der Waals surface area contributed by atoms with Crippen molar-refractivity contribution in [1.29, 1.82) is 0 Å². The van der Waals surface area contributed by atoms with E-state index in [4.69, 9.17) is 4.74 Å². The summed E-state index contributed by atoms with van der Waals surface area (Å²) in [6.07, 6.45) is 0. The van der Waals surface area contributed by atoms with Gasteiger partial charge in [-0.2, -0.15) is 0 Å². The first kappa shape index (κ1) is 16.9. The number of rotatable bonds is 6. The Kier molecular flexibility index (Phi) is 5.63. The highest BCUT2D eigenvalue weighted by atomic mass is 16.5. The van der Waals surface area contributed by atoms with Gasteiger partial charge in [-0.15, -0.1) is 0 Å². The van der Waals surface area contributed by atoms with Crippen molar-refractivity contribution in [3.63, 3.8) is 0 Å². The molecular weight excluding hydrogens is 288 g/mol. The molecule has 0 bridgehead atoms. The second kappa shape index (κ2) is 7.68. The van der Waals surface area contributed by atoms with E-state index in [1.165, 1.54) is 11.1 Å². The summed E-state index contributed by atoms with van der Waals surface area (Å²) in [6, 6.07) is 14.0. The van der Waals surface area contributed by atoms with Gasteiger partial charge in [0.15, 0.2) is 0 Å². The Morgan fingerprint density at radius 2 is 1.70 bits per heavy atom. The third kappa shape index (κ3) is 5.02. The molecule has 23 heavy (non-hydrogen) atoms. The van der Waals surface area contributed by atoms with E-state index in [1.54, 1.807) is 7.11 Å². The predicted octanol–water partition coefficient (Wildman–Crippen LogP) is 3.06. The van der Waals surface area contributed by atoms with Crippen LogP contribution in [0.1, 0.15) is 16.7 Å².